The molecule has 44 heavy (non-hydrogen) atoms. The van der Waals surface area contributed by atoms with Gasteiger partial charge >= 0.3 is 12.3 Å². The first-order chi connectivity index (χ1) is 21.0. The number of benzene rings is 2. The summed E-state index contributed by atoms with van der Waals surface area (Å²) in [6.45, 7) is 1.70. The second-order valence-electron chi connectivity index (χ2n) is 11.3. The molecule has 0 spiro atoms. The molecular weight excluding hydrogens is 617 g/mol. The standard InChI is InChI=1S/C30H30ClF3N6O3S/c1-38(2)9-8-26-37-24-12-21(27-35-14-25(44-27)30(32,33)34)23(36-19-7-10-39-20(11-19)16-43-29(39)42)13-22(24)28(41)40(26)15-17-3-5-18(31)6-4-17/h3-6,12-14,19-20,36H,7-11,15-16H2,1-2H3/t19-,20-/m0/s1. The van der Waals surface area contributed by atoms with E-state index >= 15 is 0 Å². The number of piperidine rings is 1. The Morgan fingerprint density at radius 3 is 2.66 bits per heavy atom. The van der Waals surface area contributed by atoms with Crippen molar-refractivity contribution in [3.05, 3.63) is 74.2 Å². The zero-order valence-corrected chi connectivity index (χ0v) is 25.6. The molecule has 2 aliphatic heterocycles. The number of cyclic esters (lactones) is 1. The Morgan fingerprint density at radius 1 is 1.18 bits per heavy atom. The average molecular weight is 647 g/mol. The minimum Gasteiger partial charge on any atom is -0.447 e. The number of anilines is 1. The van der Waals surface area contributed by atoms with E-state index in [9.17, 15) is 22.8 Å². The highest BCUT2D eigenvalue weighted by Crippen LogP contribution is 2.40. The normalized spacial score (nSPS) is 18.6. The van der Waals surface area contributed by atoms with E-state index in [0.717, 1.165) is 11.8 Å². The number of carbonyl (C=O) groups excluding carboxylic acids is 1. The van der Waals surface area contributed by atoms with Crippen LogP contribution in [0.5, 0.6) is 0 Å². The number of rotatable bonds is 8. The first-order valence-electron chi connectivity index (χ1n) is 14.2. The van der Waals surface area contributed by atoms with Gasteiger partial charge in [0, 0.05) is 41.8 Å². The maximum atomic E-state index is 14.1. The van der Waals surface area contributed by atoms with Crippen LogP contribution in [0.1, 0.15) is 29.1 Å². The van der Waals surface area contributed by atoms with Crippen LogP contribution in [0, 0.1) is 0 Å². The van der Waals surface area contributed by atoms with Crippen molar-refractivity contribution in [3.8, 4) is 10.6 Å². The van der Waals surface area contributed by atoms with Crippen molar-refractivity contribution in [2.24, 2.45) is 0 Å². The lowest BCUT2D eigenvalue weighted by Crippen LogP contribution is -2.45. The lowest BCUT2D eigenvalue weighted by atomic mass is 9.97. The van der Waals surface area contributed by atoms with E-state index in [-0.39, 0.29) is 41.9 Å². The van der Waals surface area contributed by atoms with E-state index in [4.69, 9.17) is 21.3 Å². The highest BCUT2D eigenvalue weighted by molar-refractivity contribution is 7.15. The molecule has 2 atom stereocenters. The van der Waals surface area contributed by atoms with E-state index < -0.39 is 11.1 Å². The molecule has 9 nitrogen and oxygen atoms in total. The summed E-state index contributed by atoms with van der Waals surface area (Å²) in [5.41, 5.74) is 1.92. The Morgan fingerprint density at radius 2 is 1.95 bits per heavy atom. The van der Waals surface area contributed by atoms with Crippen LogP contribution in [-0.4, -0.2) is 76.3 Å². The topological polar surface area (TPSA) is 92.6 Å². The lowest BCUT2D eigenvalue weighted by Gasteiger charge is -2.33. The summed E-state index contributed by atoms with van der Waals surface area (Å²) in [6, 6.07) is 10.4. The minimum atomic E-state index is -4.53. The van der Waals surface area contributed by atoms with Crippen LogP contribution >= 0.6 is 22.9 Å². The maximum Gasteiger partial charge on any atom is 0.427 e. The van der Waals surface area contributed by atoms with Crippen LogP contribution in [0.25, 0.3) is 21.5 Å². The molecule has 0 radical (unpaired) electrons. The Balaban J connectivity index is 1.46. The lowest BCUT2D eigenvalue weighted by molar-refractivity contribution is -0.134. The number of halogens is 4. The first-order valence-corrected chi connectivity index (χ1v) is 15.4. The van der Waals surface area contributed by atoms with Gasteiger partial charge in [0.2, 0.25) is 0 Å². The van der Waals surface area contributed by atoms with Gasteiger partial charge in [0.15, 0.2) is 0 Å². The first kappa shape index (κ1) is 30.4. The summed E-state index contributed by atoms with van der Waals surface area (Å²) < 4.78 is 47.5. The second kappa shape index (κ2) is 12.0. The number of hydrogen-bond donors (Lipinski definition) is 1. The molecule has 4 aromatic rings. The maximum absolute atomic E-state index is 14.1. The molecule has 232 valence electrons. The number of hydrogen-bond acceptors (Lipinski definition) is 8. The van der Waals surface area contributed by atoms with Crippen molar-refractivity contribution in [2.75, 3.05) is 39.1 Å². The molecule has 2 aromatic carbocycles. The number of nitrogens with zero attached hydrogens (tertiary/aromatic N) is 5. The molecule has 0 saturated carbocycles. The van der Waals surface area contributed by atoms with Crippen LogP contribution in [-0.2, 0) is 23.9 Å². The molecule has 0 unspecified atom stereocenters. The monoisotopic (exact) mass is 646 g/mol. The molecule has 1 N–H and O–H groups in total. The predicted octanol–water partition coefficient (Wildman–Crippen LogP) is 5.74. The van der Waals surface area contributed by atoms with E-state index in [2.05, 4.69) is 10.3 Å². The smallest absolute Gasteiger partial charge is 0.427 e. The third-order valence-corrected chi connectivity index (χ3v) is 9.26. The van der Waals surface area contributed by atoms with Gasteiger partial charge in [0.1, 0.15) is 22.3 Å². The molecule has 2 fully saturated rings. The fourth-order valence-electron chi connectivity index (χ4n) is 5.64. The molecule has 2 aliphatic rings. The molecule has 1 amide bonds. The van der Waals surface area contributed by atoms with Gasteiger partial charge in [0.25, 0.3) is 5.56 Å². The molecular formula is C30H30ClF3N6O3S. The van der Waals surface area contributed by atoms with Crippen LogP contribution < -0.4 is 10.9 Å². The second-order valence-corrected chi connectivity index (χ2v) is 12.8. The number of thiazole rings is 1. The molecule has 0 bridgehead atoms. The quantitative estimate of drug-likeness (QED) is 0.261. The largest absolute Gasteiger partial charge is 0.447 e. The number of carbonyl (C=O) groups is 1. The Kier molecular flexibility index (Phi) is 8.29. The van der Waals surface area contributed by atoms with Crippen LogP contribution in [0.4, 0.5) is 23.7 Å². The fraction of sp³-hybridized carbons (Fsp3) is 0.400. The van der Waals surface area contributed by atoms with Crippen LogP contribution in [0.2, 0.25) is 5.02 Å². The highest BCUT2D eigenvalue weighted by atomic mass is 35.5. The number of amides is 1. The summed E-state index contributed by atoms with van der Waals surface area (Å²) in [5.74, 6) is 0.561. The molecule has 6 rings (SSSR count). The number of likely N-dealkylation sites (N-methyl/N-ethyl adjacent to an activating group) is 1. The van der Waals surface area contributed by atoms with Crippen molar-refractivity contribution in [1.29, 1.82) is 0 Å². The summed E-state index contributed by atoms with van der Waals surface area (Å²) in [5, 5.41) is 4.56. The van der Waals surface area contributed by atoms with Gasteiger partial charge in [-0.2, -0.15) is 13.2 Å². The van der Waals surface area contributed by atoms with Gasteiger partial charge in [-0.3, -0.25) is 9.36 Å². The molecule has 0 aliphatic carbocycles. The summed E-state index contributed by atoms with van der Waals surface area (Å²) in [4.78, 5) is 38.0. The van der Waals surface area contributed by atoms with Gasteiger partial charge in [0.05, 0.1) is 29.7 Å². The van der Waals surface area contributed by atoms with Crippen molar-refractivity contribution >= 4 is 45.6 Å². The summed E-state index contributed by atoms with van der Waals surface area (Å²) in [7, 11) is 3.86. The van der Waals surface area contributed by atoms with Crippen molar-refractivity contribution in [1.82, 2.24) is 24.3 Å². The van der Waals surface area contributed by atoms with Crippen molar-refractivity contribution in [3.63, 3.8) is 0 Å². The Bertz CT molecular complexity index is 1760. The third-order valence-electron chi connectivity index (χ3n) is 7.93. The number of nitrogens with one attached hydrogen (secondary N) is 1. The SMILES string of the molecule is CN(C)CCc1nc2cc(-c3ncc(C(F)(F)F)s3)c(N[C@H]3CCN4C(=O)OC[C@@H]4C3)cc2c(=O)n1Cc1ccc(Cl)cc1. The highest BCUT2D eigenvalue weighted by Gasteiger charge is 2.38. The fourth-order valence-corrected chi connectivity index (χ4v) is 6.58. The number of fused-ring (bicyclic) bond motifs is 2. The summed E-state index contributed by atoms with van der Waals surface area (Å²) in [6.07, 6.45) is -2.35. The van der Waals surface area contributed by atoms with Crippen molar-refractivity contribution in [2.45, 2.75) is 44.1 Å². The average Bonchev–Trinajstić information content (AvgIpc) is 3.62. The zero-order valence-electron chi connectivity index (χ0n) is 24.0. The zero-order chi connectivity index (χ0) is 31.2. The van der Waals surface area contributed by atoms with Crippen LogP contribution in [0.15, 0.2) is 47.4 Å². The van der Waals surface area contributed by atoms with E-state index in [1.54, 1.807) is 33.7 Å². The van der Waals surface area contributed by atoms with Gasteiger partial charge in [-0.15, -0.1) is 11.3 Å². The molecule has 14 heteroatoms. The van der Waals surface area contributed by atoms with Gasteiger partial charge < -0.3 is 19.9 Å². The van der Waals surface area contributed by atoms with Gasteiger partial charge in [-0.25, -0.2) is 14.8 Å². The van der Waals surface area contributed by atoms with Gasteiger partial charge in [-0.05, 0) is 56.8 Å². The van der Waals surface area contributed by atoms with E-state index in [0.29, 0.717) is 76.7 Å². The number of alkyl halides is 3. The summed E-state index contributed by atoms with van der Waals surface area (Å²) >= 11 is 6.62. The Hall–Kier alpha value is -3.68. The number of aromatic nitrogens is 3. The van der Waals surface area contributed by atoms with Crippen LogP contribution in [0.3, 0.4) is 0 Å². The Labute approximate surface area is 260 Å². The van der Waals surface area contributed by atoms with Gasteiger partial charge in [-0.1, -0.05) is 23.7 Å². The molecule has 4 heterocycles. The third kappa shape index (κ3) is 6.26. The van der Waals surface area contributed by atoms with E-state index in [1.807, 2.05) is 31.1 Å². The van der Waals surface area contributed by atoms with E-state index in [1.165, 1.54) is 0 Å². The number of ether oxygens (including phenoxy) is 1. The van der Waals surface area contributed by atoms with Crippen molar-refractivity contribution < 1.29 is 22.7 Å². The minimum absolute atomic E-state index is 0.0909. The molecule has 2 saturated heterocycles. The molecule has 2 aromatic heterocycles. The predicted molar refractivity (Wildman–Crippen MR) is 163 cm³/mol.